The molecule has 166 valence electrons. The lowest BCUT2D eigenvalue weighted by Gasteiger charge is -2.32. The van der Waals surface area contributed by atoms with Crippen LogP contribution in [0.3, 0.4) is 0 Å². The maximum absolute atomic E-state index is 3.97. The second-order valence-electron chi connectivity index (χ2n) is 9.60. The first-order chi connectivity index (χ1) is 14.2. The zero-order chi connectivity index (χ0) is 22.4. The van der Waals surface area contributed by atoms with E-state index in [0.717, 1.165) is 12.8 Å². The van der Waals surface area contributed by atoms with E-state index in [1.54, 1.807) is 0 Å². The molecule has 0 spiro atoms. The molecule has 0 aliphatic heterocycles. The Kier molecular flexibility index (Phi) is 8.82. The third-order valence-corrected chi connectivity index (χ3v) is 6.30. The summed E-state index contributed by atoms with van der Waals surface area (Å²) in [7, 11) is 0. The highest BCUT2D eigenvalue weighted by molar-refractivity contribution is 5.62. The highest BCUT2D eigenvalue weighted by atomic mass is 15.0. The molecule has 0 aliphatic rings. The van der Waals surface area contributed by atoms with Crippen LogP contribution in [0.15, 0.2) is 36.4 Å². The lowest BCUT2D eigenvalue weighted by atomic mass is 9.91. The third-order valence-electron chi connectivity index (χ3n) is 6.30. The van der Waals surface area contributed by atoms with Crippen LogP contribution in [0.2, 0.25) is 0 Å². The molecule has 0 fully saturated rings. The van der Waals surface area contributed by atoms with Crippen LogP contribution < -0.4 is 10.6 Å². The van der Waals surface area contributed by atoms with Crippen LogP contribution in [-0.4, -0.2) is 12.1 Å². The van der Waals surface area contributed by atoms with E-state index in [2.05, 4.69) is 109 Å². The van der Waals surface area contributed by atoms with E-state index >= 15 is 0 Å². The predicted molar refractivity (Wildman–Crippen MR) is 135 cm³/mol. The van der Waals surface area contributed by atoms with Crippen LogP contribution >= 0.6 is 0 Å². The number of nitrogens with one attached hydrogen (secondary N) is 2. The van der Waals surface area contributed by atoms with E-state index in [4.69, 9.17) is 0 Å². The van der Waals surface area contributed by atoms with Gasteiger partial charge in [0.15, 0.2) is 0 Å². The van der Waals surface area contributed by atoms with Crippen LogP contribution in [-0.2, 0) is 6.42 Å². The maximum Gasteiger partial charge on any atom is 0.0457 e. The molecule has 2 N–H and O–H groups in total. The predicted octanol–water partition coefficient (Wildman–Crippen LogP) is 8.31. The van der Waals surface area contributed by atoms with Crippen molar-refractivity contribution in [2.24, 2.45) is 0 Å². The Morgan fingerprint density at radius 2 is 1.10 bits per heavy atom. The summed E-state index contributed by atoms with van der Waals surface area (Å²) >= 11 is 0. The van der Waals surface area contributed by atoms with Crippen LogP contribution in [0.1, 0.15) is 109 Å². The van der Waals surface area contributed by atoms with Gasteiger partial charge >= 0.3 is 0 Å². The van der Waals surface area contributed by atoms with Crippen molar-refractivity contribution in [2.75, 3.05) is 10.6 Å². The highest BCUT2D eigenvalue weighted by Crippen LogP contribution is 2.34. The minimum Gasteiger partial charge on any atom is -0.380 e. The Bertz CT molecular complexity index is 778. The lowest BCUT2D eigenvalue weighted by molar-refractivity contribution is 0.604. The number of hydrogen-bond donors (Lipinski definition) is 2. The van der Waals surface area contributed by atoms with Gasteiger partial charge in [0.2, 0.25) is 0 Å². The summed E-state index contributed by atoms with van der Waals surface area (Å²) in [6.45, 7) is 20.6. The van der Waals surface area contributed by atoms with Crippen molar-refractivity contribution >= 4 is 11.4 Å². The van der Waals surface area contributed by atoms with Crippen molar-refractivity contribution in [3.8, 4) is 0 Å². The Labute approximate surface area is 185 Å². The van der Waals surface area contributed by atoms with Crippen LogP contribution in [0.5, 0.6) is 0 Å². The maximum atomic E-state index is 3.97. The minimum atomic E-state index is 0.320. The van der Waals surface area contributed by atoms with E-state index in [1.807, 2.05) is 0 Å². The van der Waals surface area contributed by atoms with Crippen LogP contribution in [0.4, 0.5) is 11.4 Å². The smallest absolute Gasteiger partial charge is 0.0457 e. The van der Waals surface area contributed by atoms with E-state index in [0.29, 0.717) is 29.8 Å². The van der Waals surface area contributed by atoms with E-state index in [9.17, 15) is 0 Å². The molecule has 0 saturated carbocycles. The second-order valence-corrected chi connectivity index (χ2v) is 9.60. The van der Waals surface area contributed by atoms with Crippen molar-refractivity contribution in [2.45, 2.75) is 105 Å². The SMILES string of the molecule is CCc1cccc(C(C)C)c1NC(C)C(CC)Nc1c(C(C)C)cccc1C(C)C. The molecule has 2 rings (SSSR count). The Morgan fingerprint density at radius 3 is 1.53 bits per heavy atom. The first-order valence-corrected chi connectivity index (χ1v) is 12.0. The molecule has 0 aromatic heterocycles. The molecular formula is C28H44N2. The summed E-state index contributed by atoms with van der Waals surface area (Å²) in [5.74, 6) is 1.51. The molecule has 2 aromatic rings. The monoisotopic (exact) mass is 408 g/mol. The molecule has 0 aliphatic carbocycles. The van der Waals surface area contributed by atoms with Gasteiger partial charge in [0, 0.05) is 23.5 Å². The first-order valence-electron chi connectivity index (χ1n) is 12.0. The molecular weight excluding hydrogens is 364 g/mol. The quantitative estimate of drug-likeness (QED) is 0.413. The molecule has 2 atom stereocenters. The van der Waals surface area contributed by atoms with Gasteiger partial charge in [-0.2, -0.15) is 0 Å². The van der Waals surface area contributed by atoms with Crippen LogP contribution in [0.25, 0.3) is 0 Å². The number of hydrogen-bond acceptors (Lipinski definition) is 2. The molecule has 0 radical (unpaired) electrons. The number of rotatable bonds is 10. The van der Waals surface area contributed by atoms with E-state index < -0.39 is 0 Å². The van der Waals surface area contributed by atoms with Gasteiger partial charge in [-0.1, -0.05) is 91.8 Å². The zero-order valence-electron chi connectivity index (χ0n) is 20.8. The fraction of sp³-hybridized carbons (Fsp3) is 0.571. The van der Waals surface area contributed by atoms with E-state index in [1.165, 1.54) is 33.6 Å². The fourth-order valence-corrected chi connectivity index (χ4v) is 4.38. The first kappa shape index (κ1) is 24.3. The fourth-order valence-electron chi connectivity index (χ4n) is 4.38. The minimum absolute atomic E-state index is 0.320. The van der Waals surface area contributed by atoms with Crippen LogP contribution in [0, 0.1) is 0 Å². The van der Waals surface area contributed by atoms with Gasteiger partial charge in [0.1, 0.15) is 0 Å². The number of para-hydroxylation sites is 2. The number of benzene rings is 2. The lowest BCUT2D eigenvalue weighted by Crippen LogP contribution is -2.37. The number of anilines is 2. The molecule has 2 unspecified atom stereocenters. The summed E-state index contributed by atoms with van der Waals surface area (Å²) in [5, 5.41) is 7.89. The van der Waals surface area contributed by atoms with Crippen molar-refractivity contribution in [1.82, 2.24) is 0 Å². The molecule has 30 heavy (non-hydrogen) atoms. The largest absolute Gasteiger partial charge is 0.380 e. The van der Waals surface area contributed by atoms with Gasteiger partial charge in [0.25, 0.3) is 0 Å². The van der Waals surface area contributed by atoms with E-state index in [-0.39, 0.29) is 0 Å². The summed E-state index contributed by atoms with van der Waals surface area (Å²) in [6, 6.07) is 14.2. The Hall–Kier alpha value is -1.96. The molecule has 0 saturated heterocycles. The molecule has 0 amide bonds. The average molecular weight is 409 g/mol. The van der Waals surface area contributed by atoms with Crippen molar-refractivity contribution in [3.63, 3.8) is 0 Å². The van der Waals surface area contributed by atoms with Crippen molar-refractivity contribution in [1.29, 1.82) is 0 Å². The summed E-state index contributed by atoms with van der Waals surface area (Å²) in [4.78, 5) is 0. The summed E-state index contributed by atoms with van der Waals surface area (Å²) in [6.07, 6.45) is 2.12. The second kappa shape index (κ2) is 10.9. The topological polar surface area (TPSA) is 24.1 Å². The average Bonchev–Trinajstić information content (AvgIpc) is 2.71. The van der Waals surface area contributed by atoms with Gasteiger partial charge in [0.05, 0.1) is 0 Å². The van der Waals surface area contributed by atoms with Gasteiger partial charge in [-0.25, -0.2) is 0 Å². The van der Waals surface area contributed by atoms with Gasteiger partial charge in [-0.3, -0.25) is 0 Å². The van der Waals surface area contributed by atoms with Crippen molar-refractivity contribution < 1.29 is 0 Å². The molecule has 0 heterocycles. The molecule has 2 heteroatoms. The molecule has 0 bridgehead atoms. The number of aryl methyl sites for hydroxylation is 1. The normalized spacial score (nSPS) is 13.7. The molecule has 2 aromatic carbocycles. The summed E-state index contributed by atoms with van der Waals surface area (Å²) < 4.78 is 0. The highest BCUT2D eigenvalue weighted by Gasteiger charge is 2.22. The Morgan fingerprint density at radius 1 is 0.633 bits per heavy atom. The molecule has 2 nitrogen and oxygen atoms in total. The third kappa shape index (κ3) is 5.59. The van der Waals surface area contributed by atoms with Gasteiger partial charge in [-0.15, -0.1) is 0 Å². The summed E-state index contributed by atoms with van der Waals surface area (Å²) in [5.41, 5.74) is 8.35. The van der Waals surface area contributed by atoms with Gasteiger partial charge in [-0.05, 0) is 59.8 Å². The van der Waals surface area contributed by atoms with Crippen molar-refractivity contribution in [3.05, 3.63) is 58.7 Å². The Balaban J connectivity index is 2.37. The zero-order valence-corrected chi connectivity index (χ0v) is 20.8. The van der Waals surface area contributed by atoms with Gasteiger partial charge < -0.3 is 10.6 Å². The standard InChI is InChI=1S/C28H44N2/c1-10-22-14-12-15-23(18(3)4)27(22)29-21(9)26(11-2)30-28-24(19(5)6)16-13-17-25(28)20(7)8/h12-21,26,29-30H,10-11H2,1-9H3.